The van der Waals surface area contributed by atoms with Gasteiger partial charge in [-0.3, -0.25) is 18.5 Å². The molecule has 0 saturated carbocycles. The van der Waals surface area contributed by atoms with Crippen molar-refractivity contribution in [2.45, 2.75) is 13.5 Å². The molecule has 0 saturated heterocycles. The molecule has 0 aliphatic carbocycles. The molecular formula is C23H23FN6O3. The molecule has 2 heterocycles. The third-order valence-electron chi connectivity index (χ3n) is 5.17. The third-order valence-corrected chi connectivity index (χ3v) is 5.17. The number of nitrogens with one attached hydrogen (secondary N) is 1. The van der Waals surface area contributed by atoms with Gasteiger partial charge in [0.25, 0.3) is 5.56 Å². The lowest BCUT2D eigenvalue weighted by molar-refractivity contribution is 0.340. The number of ether oxygens (including phenoxy) is 1. The zero-order valence-corrected chi connectivity index (χ0v) is 18.4. The fourth-order valence-corrected chi connectivity index (χ4v) is 3.44. The van der Waals surface area contributed by atoms with E-state index in [-0.39, 0.29) is 29.5 Å². The largest absolute Gasteiger partial charge is 0.494 e. The Hall–Kier alpha value is -4.21. The quantitative estimate of drug-likeness (QED) is 0.345. The van der Waals surface area contributed by atoms with Gasteiger partial charge in [0.05, 0.1) is 19.4 Å². The van der Waals surface area contributed by atoms with Crippen molar-refractivity contribution in [3.8, 4) is 5.75 Å². The van der Waals surface area contributed by atoms with Crippen LogP contribution in [-0.2, 0) is 20.6 Å². The van der Waals surface area contributed by atoms with Gasteiger partial charge in [-0.1, -0.05) is 12.1 Å². The maximum absolute atomic E-state index is 13.4. The van der Waals surface area contributed by atoms with Crippen molar-refractivity contribution < 1.29 is 9.13 Å². The van der Waals surface area contributed by atoms with Crippen LogP contribution in [0, 0.1) is 5.82 Å². The highest BCUT2D eigenvalue weighted by Crippen LogP contribution is 2.18. The van der Waals surface area contributed by atoms with E-state index < -0.39 is 11.2 Å². The van der Waals surface area contributed by atoms with Gasteiger partial charge in [-0.05, 0) is 54.4 Å². The van der Waals surface area contributed by atoms with Gasteiger partial charge in [0.15, 0.2) is 11.2 Å². The smallest absolute Gasteiger partial charge is 0.332 e. The van der Waals surface area contributed by atoms with Crippen molar-refractivity contribution in [1.29, 1.82) is 0 Å². The highest BCUT2D eigenvalue weighted by molar-refractivity contribution is 5.80. The molecule has 9 nitrogen and oxygen atoms in total. The van der Waals surface area contributed by atoms with Gasteiger partial charge >= 0.3 is 5.69 Å². The molecule has 0 amide bonds. The van der Waals surface area contributed by atoms with E-state index in [1.54, 1.807) is 30.0 Å². The van der Waals surface area contributed by atoms with Crippen LogP contribution < -0.4 is 21.4 Å². The standard InChI is InChI=1S/C23H23FN6O3/c1-4-33-18-11-7-15(8-12-18)13-25-27-22-26-20-19(21(31)29(3)23(32)28(20)2)30(22)14-16-5-9-17(24)10-6-16/h5-13H,4,14H2,1-3H3,(H,26,27). The Morgan fingerprint density at radius 3 is 2.42 bits per heavy atom. The number of hydrogen-bond acceptors (Lipinski definition) is 6. The molecule has 0 aliphatic heterocycles. The fourth-order valence-electron chi connectivity index (χ4n) is 3.44. The lowest BCUT2D eigenvalue weighted by Crippen LogP contribution is -2.37. The van der Waals surface area contributed by atoms with Crippen LogP contribution in [0.3, 0.4) is 0 Å². The number of nitrogens with zero attached hydrogens (tertiary/aromatic N) is 5. The van der Waals surface area contributed by atoms with Crippen LogP contribution in [-0.4, -0.2) is 31.5 Å². The molecule has 2 aromatic carbocycles. The first-order chi connectivity index (χ1) is 15.9. The van der Waals surface area contributed by atoms with Gasteiger partial charge in [-0.15, -0.1) is 0 Å². The monoisotopic (exact) mass is 450 g/mol. The average Bonchev–Trinajstić information content (AvgIpc) is 3.17. The summed E-state index contributed by atoms with van der Waals surface area (Å²) in [5.41, 5.74) is 3.95. The summed E-state index contributed by atoms with van der Waals surface area (Å²) in [6.07, 6.45) is 1.61. The molecule has 1 N–H and O–H groups in total. The second-order valence-corrected chi connectivity index (χ2v) is 7.40. The van der Waals surface area contributed by atoms with Gasteiger partial charge in [0.2, 0.25) is 5.95 Å². The number of imidazole rings is 1. The van der Waals surface area contributed by atoms with Gasteiger partial charge in [0.1, 0.15) is 11.6 Å². The highest BCUT2D eigenvalue weighted by Gasteiger charge is 2.19. The van der Waals surface area contributed by atoms with Crippen molar-refractivity contribution in [3.05, 3.63) is 86.3 Å². The molecule has 0 radical (unpaired) electrons. The molecule has 0 unspecified atom stereocenters. The first-order valence-corrected chi connectivity index (χ1v) is 10.3. The van der Waals surface area contributed by atoms with Gasteiger partial charge in [0, 0.05) is 14.1 Å². The molecule has 2 aromatic heterocycles. The minimum Gasteiger partial charge on any atom is -0.494 e. The molecule has 0 spiro atoms. The average molecular weight is 450 g/mol. The summed E-state index contributed by atoms with van der Waals surface area (Å²) in [5.74, 6) is 0.682. The minimum absolute atomic E-state index is 0.226. The normalized spacial score (nSPS) is 11.4. The first-order valence-electron chi connectivity index (χ1n) is 10.3. The molecule has 33 heavy (non-hydrogen) atoms. The fraction of sp³-hybridized carbons (Fsp3) is 0.217. The summed E-state index contributed by atoms with van der Waals surface area (Å²) in [6, 6.07) is 13.3. The maximum atomic E-state index is 13.4. The van der Waals surface area contributed by atoms with Crippen LogP contribution in [0.2, 0.25) is 0 Å². The Labute approximate surface area is 188 Å². The van der Waals surface area contributed by atoms with Crippen LogP contribution in [0.5, 0.6) is 5.75 Å². The van der Waals surface area contributed by atoms with Crippen molar-refractivity contribution >= 4 is 23.3 Å². The molecule has 170 valence electrons. The van der Waals surface area contributed by atoms with Crippen LogP contribution in [0.15, 0.2) is 63.2 Å². The lowest BCUT2D eigenvalue weighted by Gasteiger charge is -2.09. The number of aryl methyl sites for hydroxylation is 1. The Kier molecular flexibility index (Phi) is 6.07. The van der Waals surface area contributed by atoms with Crippen LogP contribution in [0.25, 0.3) is 11.2 Å². The molecule has 0 fully saturated rings. The van der Waals surface area contributed by atoms with E-state index in [1.165, 1.54) is 23.7 Å². The number of anilines is 1. The number of aromatic nitrogens is 4. The van der Waals surface area contributed by atoms with Gasteiger partial charge in [-0.25, -0.2) is 14.6 Å². The second-order valence-electron chi connectivity index (χ2n) is 7.40. The Bertz CT molecular complexity index is 1430. The second kappa shape index (κ2) is 9.11. The van der Waals surface area contributed by atoms with Crippen molar-refractivity contribution in [1.82, 2.24) is 18.7 Å². The summed E-state index contributed by atoms with van der Waals surface area (Å²) in [5, 5.41) is 4.25. The molecule has 0 atom stereocenters. The van der Waals surface area contributed by atoms with E-state index in [0.29, 0.717) is 6.61 Å². The number of fused-ring (bicyclic) bond motifs is 1. The van der Waals surface area contributed by atoms with Crippen molar-refractivity contribution in [3.63, 3.8) is 0 Å². The van der Waals surface area contributed by atoms with E-state index in [2.05, 4.69) is 15.5 Å². The number of benzene rings is 2. The number of hydrazone groups is 1. The molecule has 0 aliphatic rings. The lowest BCUT2D eigenvalue weighted by atomic mass is 10.2. The van der Waals surface area contributed by atoms with Gasteiger partial charge < -0.3 is 4.74 Å². The predicted molar refractivity (Wildman–Crippen MR) is 125 cm³/mol. The van der Waals surface area contributed by atoms with E-state index in [4.69, 9.17) is 4.74 Å². The summed E-state index contributed by atoms with van der Waals surface area (Å²) < 4.78 is 22.7. The molecule has 10 heteroatoms. The molecule has 4 rings (SSSR count). The van der Waals surface area contributed by atoms with E-state index in [0.717, 1.165) is 21.4 Å². The summed E-state index contributed by atoms with van der Waals surface area (Å²) in [6.45, 7) is 2.73. The zero-order valence-electron chi connectivity index (χ0n) is 18.4. The maximum Gasteiger partial charge on any atom is 0.332 e. The van der Waals surface area contributed by atoms with Crippen LogP contribution in [0.1, 0.15) is 18.1 Å². The number of halogens is 1. The number of hydrogen-bond donors (Lipinski definition) is 1. The number of rotatable bonds is 7. The first kappa shape index (κ1) is 22.0. The van der Waals surface area contributed by atoms with Crippen LogP contribution >= 0.6 is 0 Å². The molecule has 0 bridgehead atoms. The molecular weight excluding hydrogens is 427 g/mol. The van der Waals surface area contributed by atoms with E-state index >= 15 is 0 Å². The topological polar surface area (TPSA) is 95.4 Å². The van der Waals surface area contributed by atoms with Gasteiger partial charge in [-0.2, -0.15) is 10.1 Å². The minimum atomic E-state index is -0.483. The predicted octanol–water partition coefficient (Wildman–Crippen LogP) is 2.47. The molecule has 4 aromatic rings. The SMILES string of the molecule is CCOc1ccc(C=NNc2nc3c(c(=O)n(C)c(=O)n3C)n2Cc2ccc(F)cc2)cc1. The zero-order chi connectivity index (χ0) is 23.5. The van der Waals surface area contributed by atoms with E-state index in [1.807, 2.05) is 31.2 Å². The van der Waals surface area contributed by atoms with Crippen molar-refractivity contribution in [2.75, 3.05) is 12.0 Å². The third kappa shape index (κ3) is 4.40. The van der Waals surface area contributed by atoms with E-state index in [9.17, 15) is 14.0 Å². The summed E-state index contributed by atoms with van der Waals surface area (Å²) in [4.78, 5) is 29.7. The van der Waals surface area contributed by atoms with Crippen LogP contribution in [0.4, 0.5) is 10.3 Å². The summed E-state index contributed by atoms with van der Waals surface area (Å²) in [7, 11) is 2.96. The van der Waals surface area contributed by atoms with Crippen molar-refractivity contribution in [2.24, 2.45) is 19.2 Å². The summed E-state index contributed by atoms with van der Waals surface area (Å²) >= 11 is 0. The Morgan fingerprint density at radius 1 is 1.06 bits per heavy atom. The highest BCUT2D eigenvalue weighted by atomic mass is 19.1. The Morgan fingerprint density at radius 2 is 1.76 bits per heavy atom. The Balaban J connectivity index is 1.73.